The van der Waals surface area contributed by atoms with Gasteiger partial charge in [0.1, 0.15) is 11.9 Å². The molecule has 1 aliphatic rings. The van der Waals surface area contributed by atoms with Gasteiger partial charge in [-0.25, -0.2) is 9.18 Å². The molecule has 0 spiro atoms. The van der Waals surface area contributed by atoms with Gasteiger partial charge >= 0.3 is 6.09 Å². The van der Waals surface area contributed by atoms with Crippen molar-refractivity contribution < 1.29 is 23.2 Å². The van der Waals surface area contributed by atoms with Crippen molar-refractivity contribution in [3.05, 3.63) is 66.1 Å². The van der Waals surface area contributed by atoms with Crippen molar-refractivity contribution in [1.29, 1.82) is 0 Å². The number of hydrogen-bond donors (Lipinski definition) is 1. The van der Waals surface area contributed by atoms with E-state index in [1.807, 2.05) is 24.3 Å². The van der Waals surface area contributed by atoms with Crippen molar-refractivity contribution >= 4 is 29.4 Å². The maximum absolute atomic E-state index is 14.9. The molecule has 2 aromatic carbocycles. The minimum Gasteiger partial charge on any atom is -0.442 e. The number of ether oxygens (including phenoxy) is 1. The molecule has 10 heteroatoms. The molecule has 1 aliphatic heterocycles. The molecule has 4 rings (SSSR count). The third kappa shape index (κ3) is 5.25. The van der Waals surface area contributed by atoms with Crippen LogP contribution in [0, 0.1) is 5.82 Å². The molecule has 0 saturated carbocycles. The van der Waals surface area contributed by atoms with Crippen LogP contribution in [-0.4, -0.2) is 41.3 Å². The van der Waals surface area contributed by atoms with Crippen molar-refractivity contribution in [1.82, 2.24) is 15.5 Å². The van der Waals surface area contributed by atoms with E-state index < -0.39 is 18.0 Å². The Morgan fingerprint density at radius 3 is 2.75 bits per heavy atom. The van der Waals surface area contributed by atoms with Gasteiger partial charge in [0.25, 0.3) is 0 Å². The molecule has 32 heavy (non-hydrogen) atoms. The summed E-state index contributed by atoms with van der Waals surface area (Å²) in [5.41, 5.74) is 2.70. The summed E-state index contributed by atoms with van der Waals surface area (Å²) in [6.07, 6.45) is 0.274. The van der Waals surface area contributed by atoms with E-state index in [9.17, 15) is 14.0 Å². The average Bonchev–Trinajstić information content (AvgIpc) is 3.42. The van der Waals surface area contributed by atoms with Gasteiger partial charge in [-0.2, -0.15) is 4.98 Å². The molecule has 166 valence electrons. The SMILES string of the molecule is CC(=O)NC[C@H]1CN(c2ccc(-c3ccc(CSCc4ncon4)cc3)c(F)c2)C(=O)O1. The number of carbonyl (C=O) groups excluding carboxylic acids is 2. The monoisotopic (exact) mass is 456 g/mol. The molecule has 0 aliphatic carbocycles. The van der Waals surface area contributed by atoms with Crippen molar-refractivity contribution in [3.8, 4) is 11.1 Å². The van der Waals surface area contributed by atoms with E-state index in [-0.39, 0.29) is 19.0 Å². The Balaban J connectivity index is 1.38. The first-order valence-electron chi connectivity index (χ1n) is 9.94. The van der Waals surface area contributed by atoms with E-state index >= 15 is 0 Å². The number of cyclic esters (lactones) is 1. The van der Waals surface area contributed by atoms with Crippen LogP contribution in [0.15, 0.2) is 53.4 Å². The number of halogens is 1. The largest absolute Gasteiger partial charge is 0.442 e. The van der Waals surface area contributed by atoms with Gasteiger partial charge in [-0.1, -0.05) is 29.4 Å². The Morgan fingerprint density at radius 2 is 2.06 bits per heavy atom. The number of anilines is 1. The van der Waals surface area contributed by atoms with E-state index in [0.717, 1.165) is 16.9 Å². The Bertz CT molecular complexity index is 1090. The molecule has 1 N–H and O–H groups in total. The van der Waals surface area contributed by atoms with Crippen LogP contribution in [0.4, 0.5) is 14.9 Å². The number of nitrogens with zero attached hydrogens (tertiary/aromatic N) is 3. The number of rotatable bonds is 8. The van der Waals surface area contributed by atoms with E-state index in [1.54, 1.807) is 23.9 Å². The highest BCUT2D eigenvalue weighted by molar-refractivity contribution is 7.97. The quantitative estimate of drug-likeness (QED) is 0.551. The molecular weight excluding hydrogens is 435 g/mol. The fourth-order valence-electron chi connectivity index (χ4n) is 3.30. The standard InChI is InChI=1S/C22H21FN4O4S/c1-14(28)24-9-18-10-27(22(29)31-18)17-6-7-19(20(23)8-17)16-4-2-15(3-5-16)11-32-12-21-25-13-30-26-21/h2-8,13,18H,9-12H2,1H3,(H,24,28)/t18-/m0/s1. The van der Waals surface area contributed by atoms with Gasteiger partial charge < -0.3 is 14.6 Å². The van der Waals surface area contributed by atoms with Crippen LogP contribution >= 0.6 is 11.8 Å². The van der Waals surface area contributed by atoms with Crippen LogP contribution in [-0.2, 0) is 21.0 Å². The maximum atomic E-state index is 14.9. The fraction of sp³-hybridized carbons (Fsp3) is 0.273. The molecule has 1 saturated heterocycles. The summed E-state index contributed by atoms with van der Waals surface area (Å²) in [5.74, 6) is 1.44. The highest BCUT2D eigenvalue weighted by Crippen LogP contribution is 2.29. The molecule has 1 atom stereocenters. The summed E-state index contributed by atoms with van der Waals surface area (Å²) in [6.45, 7) is 1.86. The molecule has 1 fully saturated rings. The average molecular weight is 456 g/mol. The second kappa shape index (κ2) is 9.82. The summed E-state index contributed by atoms with van der Waals surface area (Å²) in [6, 6.07) is 12.3. The second-order valence-electron chi connectivity index (χ2n) is 7.25. The summed E-state index contributed by atoms with van der Waals surface area (Å²) in [7, 11) is 0. The van der Waals surface area contributed by atoms with Crippen LogP contribution in [0.5, 0.6) is 0 Å². The lowest BCUT2D eigenvalue weighted by Gasteiger charge is -2.14. The van der Waals surface area contributed by atoms with Crippen LogP contribution < -0.4 is 10.2 Å². The number of hydrogen-bond acceptors (Lipinski definition) is 7. The number of amides is 2. The van der Waals surface area contributed by atoms with E-state index in [1.165, 1.54) is 24.3 Å². The smallest absolute Gasteiger partial charge is 0.414 e. The number of carbonyl (C=O) groups is 2. The van der Waals surface area contributed by atoms with Gasteiger partial charge in [0, 0.05) is 18.2 Å². The summed E-state index contributed by atoms with van der Waals surface area (Å²) >= 11 is 1.66. The lowest BCUT2D eigenvalue weighted by molar-refractivity contribution is -0.119. The maximum Gasteiger partial charge on any atom is 0.414 e. The highest BCUT2D eigenvalue weighted by atomic mass is 32.2. The van der Waals surface area contributed by atoms with Crippen LogP contribution in [0.3, 0.4) is 0 Å². The molecule has 1 aromatic heterocycles. The third-order valence-electron chi connectivity index (χ3n) is 4.89. The van der Waals surface area contributed by atoms with Crippen LogP contribution in [0.2, 0.25) is 0 Å². The minimum atomic E-state index is -0.560. The Hall–Kier alpha value is -3.40. The first kappa shape index (κ1) is 21.8. The van der Waals surface area contributed by atoms with Crippen molar-refractivity contribution in [3.63, 3.8) is 0 Å². The van der Waals surface area contributed by atoms with Crippen LogP contribution in [0.25, 0.3) is 11.1 Å². The molecular formula is C22H21FN4O4S. The lowest BCUT2D eigenvalue weighted by atomic mass is 10.0. The van der Waals surface area contributed by atoms with E-state index in [4.69, 9.17) is 9.26 Å². The molecule has 2 heterocycles. The van der Waals surface area contributed by atoms with E-state index in [2.05, 4.69) is 15.5 Å². The number of nitrogens with one attached hydrogen (secondary N) is 1. The molecule has 0 bridgehead atoms. The number of benzene rings is 2. The zero-order valence-corrected chi connectivity index (χ0v) is 18.1. The predicted molar refractivity (Wildman–Crippen MR) is 117 cm³/mol. The lowest BCUT2D eigenvalue weighted by Crippen LogP contribution is -2.33. The Morgan fingerprint density at radius 1 is 1.25 bits per heavy atom. The topological polar surface area (TPSA) is 97.6 Å². The van der Waals surface area contributed by atoms with Crippen molar-refractivity contribution in [2.75, 3.05) is 18.0 Å². The van der Waals surface area contributed by atoms with Gasteiger partial charge in [0.05, 0.1) is 24.5 Å². The minimum absolute atomic E-state index is 0.202. The molecule has 0 radical (unpaired) electrons. The van der Waals surface area contributed by atoms with E-state index in [0.29, 0.717) is 22.8 Å². The van der Waals surface area contributed by atoms with Crippen molar-refractivity contribution in [2.24, 2.45) is 0 Å². The zero-order valence-electron chi connectivity index (χ0n) is 17.3. The third-order valence-corrected chi connectivity index (χ3v) is 5.89. The van der Waals surface area contributed by atoms with Gasteiger partial charge in [-0.3, -0.25) is 9.69 Å². The highest BCUT2D eigenvalue weighted by Gasteiger charge is 2.32. The molecule has 3 aromatic rings. The summed E-state index contributed by atoms with van der Waals surface area (Å²) in [5, 5.41) is 6.39. The second-order valence-corrected chi connectivity index (χ2v) is 8.24. The van der Waals surface area contributed by atoms with Crippen molar-refractivity contribution in [2.45, 2.75) is 24.5 Å². The number of aromatic nitrogens is 2. The van der Waals surface area contributed by atoms with Crippen LogP contribution in [0.1, 0.15) is 18.3 Å². The summed E-state index contributed by atoms with van der Waals surface area (Å²) < 4.78 is 24.8. The Kier molecular flexibility index (Phi) is 6.69. The zero-order chi connectivity index (χ0) is 22.5. The normalized spacial score (nSPS) is 15.6. The fourth-order valence-corrected chi connectivity index (χ4v) is 4.14. The predicted octanol–water partition coefficient (Wildman–Crippen LogP) is 3.77. The Labute approximate surface area is 188 Å². The van der Waals surface area contributed by atoms with Gasteiger partial charge in [-0.15, -0.1) is 11.8 Å². The summed E-state index contributed by atoms with van der Waals surface area (Å²) in [4.78, 5) is 28.5. The van der Waals surface area contributed by atoms with Gasteiger partial charge in [-0.05, 0) is 29.3 Å². The molecule has 8 nitrogen and oxygen atoms in total. The number of thioether (sulfide) groups is 1. The first-order chi connectivity index (χ1) is 15.5. The first-order valence-corrected chi connectivity index (χ1v) is 11.1. The molecule has 2 amide bonds. The van der Waals surface area contributed by atoms with Gasteiger partial charge in [0.15, 0.2) is 5.82 Å². The van der Waals surface area contributed by atoms with Gasteiger partial charge in [0.2, 0.25) is 12.3 Å². The molecule has 0 unspecified atom stereocenters.